The van der Waals surface area contributed by atoms with Crippen molar-refractivity contribution in [3.8, 4) is 22.6 Å². The quantitative estimate of drug-likeness (QED) is 0.574. The Hall–Kier alpha value is -3.80. The lowest BCUT2D eigenvalue weighted by atomic mass is 10.0. The highest BCUT2D eigenvalue weighted by molar-refractivity contribution is 6.05. The number of aromatic hydroxyl groups is 2. The van der Waals surface area contributed by atoms with E-state index in [2.05, 4.69) is 5.32 Å². The highest BCUT2D eigenvalue weighted by Gasteiger charge is 2.11. The number of aromatic carboxylic acids is 1. The molecule has 4 N–H and O–H groups in total. The molecule has 0 aliphatic rings. The Kier molecular flexibility index (Phi) is 4.57. The zero-order valence-electron chi connectivity index (χ0n) is 13.5. The van der Waals surface area contributed by atoms with E-state index < -0.39 is 11.9 Å². The molecule has 0 radical (unpaired) electrons. The molecule has 3 aromatic carbocycles. The van der Waals surface area contributed by atoms with E-state index in [1.165, 1.54) is 24.3 Å². The van der Waals surface area contributed by atoms with Crippen molar-refractivity contribution in [3.63, 3.8) is 0 Å². The van der Waals surface area contributed by atoms with Crippen molar-refractivity contribution in [1.29, 1.82) is 0 Å². The summed E-state index contributed by atoms with van der Waals surface area (Å²) in [6.07, 6.45) is 0. The average molecular weight is 349 g/mol. The van der Waals surface area contributed by atoms with Crippen LogP contribution in [0.5, 0.6) is 11.5 Å². The molecule has 0 saturated carbocycles. The van der Waals surface area contributed by atoms with Gasteiger partial charge in [-0.3, -0.25) is 4.79 Å². The van der Waals surface area contributed by atoms with Crippen molar-refractivity contribution >= 4 is 17.6 Å². The number of carbonyl (C=O) groups is 2. The summed E-state index contributed by atoms with van der Waals surface area (Å²) < 4.78 is 0. The van der Waals surface area contributed by atoms with Gasteiger partial charge in [0, 0.05) is 22.9 Å². The van der Waals surface area contributed by atoms with Crippen molar-refractivity contribution < 1.29 is 24.9 Å². The largest absolute Gasteiger partial charge is 0.508 e. The number of benzene rings is 3. The van der Waals surface area contributed by atoms with Crippen LogP contribution in [-0.2, 0) is 0 Å². The van der Waals surface area contributed by atoms with Crippen LogP contribution in [-0.4, -0.2) is 27.2 Å². The first-order valence-corrected chi connectivity index (χ1v) is 7.71. The highest BCUT2D eigenvalue weighted by atomic mass is 16.4. The van der Waals surface area contributed by atoms with Gasteiger partial charge in [0.25, 0.3) is 5.91 Å². The molecule has 0 unspecified atom stereocenters. The molecule has 0 aromatic heterocycles. The number of carboxylic acid groups (broad SMARTS) is 1. The zero-order valence-corrected chi connectivity index (χ0v) is 13.5. The average Bonchev–Trinajstić information content (AvgIpc) is 2.62. The standard InChI is InChI=1S/C20H15NO5/c22-16-7-8-17(18(23)11-16)12-3-1-4-13(9-12)19(24)21-15-6-2-5-14(10-15)20(25)26/h1-11,22-23H,(H,21,24)(H,25,26). The van der Waals surface area contributed by atoms with Crippen molar-refractivity contribution in [1.82, 2.24) is 0 Å². The molecule has 0 fully saturated rings. The van der Waals surface area contributed by atoms with Crippen LogP contribution in [0.3, 0.4) is 0 Å². The number of amides is 1. The Balaban J connectivity index is 1.87. The van der Waals surface area contributed by atoms with Crippen LogP contribution in [0.1, 0.15) is 20.7 Å². The Morgan fingerprint density at radius 1 is 0.808 bits per heavy atom. The lowest BCUT2D eigenvalue weighted by Crippen LogP contribution is -2.12. The van der Waals surface area contributed by atoms with Gasteiger partial charge < -0.3 is 20.6 Å². The maximum absolute atomic E-state index is 12.5. The first-order chi connectivity index (χ1) is 12.4. The first-order valence-electron chi connectivity index (χ1n) is 7.71. The maximum Gasteiger partial charge on any atom is 0.335 e. The van der Waals surface area contributed by atoms with E-state index in [-0.39, 0.29) is 17.1 Å². The summed E-state index contributed by atoms with van der Waals surface area (Å²) in [6.45, 7) is 0. The van der Waals surface area contributed by atoms with Gasteiger partial charge in [-0.15, -0.1) is 0 Å². The van der Waals surface area contributed by atoms with Crippen LogP contribution in [0, 0.1) is 0 Å². The molecule has 0 aliphatic carbocycles. The lowest BCUT2D eigenvalue weighted by molar-refractivity contribution is 0.0696. The second-order valence-electron chi connectivity index (χ2n) is 5.62. The number of phenolic OH excluding ortho intramolecular Hbond substituents is 2. The molecule has 6 heteroatoms. The second kappa shape index (κ2) is 6.98. The van der Waals surface area contributed by atoms with Crippen LogP contribution in [0.15, 0.2) is 66.7 Å². The number of hydrogen-bond donors (Lipinski definition) is 4. The third-order valence-electron chi connectivity index (χ3n) is 3.78. The number of anilines is 1. The van der Waals surface area contributed by atoms with E-state index in [4.69, 9.17) is 5.11 Å². The predicted octanol–water partition coefficient (Wildman–Crippen LogP) is 3.72. The van der Waals surface area contributed by atoms with E-state index >= 15 is 0 Å². The van der Waals surface area contributed by atoms with E-state index in [9.17, 15) is 19.8 Å². The number of nitrogens with one attached hydrogen (secondary N) is 1. The molecule has 130 valence electrons. The minimum atomic E-state index is -1.08. The Morgan fingerprint density at radius 2 is 1.54 bits per heavy atom. The predicted molar refractivity (Wildman–Crippen MR) is 96.6 cm³/mol. The van der Waals surface area contributed by atoms with Gasteiger partial charge in [0.15, 0.2) is 0 Å². The summed E-state index contributed by atoms with van der Waals surface area (Å²) in [5, 5.41) is 31.0. The summed E-state index contributed by atoms with van der Waals surface area (Å²) in [5.74, 6) is -1.64. The van der Waals surface area contributed by atoms with Crippen molar-refractivity contribution in [2.75, 3.05) is 5.32 Å². The van der Waals surface area contributed by atoms with Gasteiger partial charge in [0.2, 0.25) is 0 Å². The summed E-state index contributed by atoms with van der Waals surface area (Å²) in [4.78, 5) is 23.5. The number of carbonyl (C=O) groups excluding carboxylic acids is 1. The first kappa shape index (κ1) is 17.0. The molecule has 0 atom stereocenters. The van der Waals surface area contributed by atoms with Gasteiger partial charge in [0.1, 0.15) is 11.5 Å². The summed E-state index contributed by atoms with van der Waals surface area (Å²) in [5.41, 5.74) is 1.87. The van der Waals surface area contributed by atoms with Crippen molar-refractivity contribution in [2.24, 2.45) is 0 Å². The van der Waals surface area contributed by atoms with E-state index in [1.807, 2.05) is 0 Å². The van der Waals surface area contributed by atoms with Crippen molar-refractivity contribution in [2.45, 2.75) is 0 Å². The van der Waals surface area contributed by atoms with Gasteiger partial charge in [-0.2, -0.15) is 0 Å². The zero-order chi connectivity index (χ0) is 18.7. The molecule has 0 heterocycles. The number of carboxylic acids is 1. The molecule has 6 nitrogen and oxygen atoms in total. The molecule has 0 spiro atoms. The normalized spacial score (nSPS) is 10.3. The number of rotatable bonds is 4. The Labute approximate surface area is 149 Å². The van der Waals surface area contributed by atoms with Gasteiger partial charge in [0.05, 0.1) is 5.56 Å². The third-order valence-corrected chi connectivity index (χ3v) is 3.78. The van der Waals surface area contributed by atoms with Gasteiger partial charge in [-0.1, -0.05) is 18.2 Å². The fraction of sp³-hybridized carbons (Fsp3) is 0. The molecule has 0 saturated heterocycles. The van der Waals surface area contributed by atoms with Gasteiger partial charge in [-0.25, -0.2) is 4.79 Å². The molecule has 26 heavy (non-hydrogen) atoms. The molecule has 0 aliphatic heterocycles. The van der Waals surface area contributed by atoms with Crippen LogP contribution in [0.4, 0.5) is 5.69 Å². The third kappa shape index (κ3) is 3.64. The molecular formula is C20H15NO5. The van der Waals surface area contributed by atoms with E-state index in [1.54, 1.807) is 42.5 Å². The second-order valence-corrected chi connectivity index (χ2v) is 5.62. The summed E-state index contributed by atoms with van der Waals surface area (Å²) >= 11 is 0. The van der Waals surface area contributed by atoms with Crippen LogP contribution in [0.2, 0.25) is 0 Å². The highest BCUT2D eigenvalue weighted by Crippen LogP contribution is 2.32. The monoisotopic (exact) mass is 349 g/mol. The Morgan fingerprint density at radius 3 is 2.27 bits per heavy atom. The maximum atomic E-state index is 12.5. The van der Waals surface area contributed by atoms with Gasteiger partial charge >= 0.3 is 5.97 Å². The van der Waals surface area contributed by atoms with Gasteiger partial charge in [-0.05, 0) is 48.0 Å². The van der Waals surface area contributed by atoms with E-state index in [0.29, 0.717) is 22.4 Å². The smallest absolute Gasteiger partial charge is 0.335 e. The fourth-order valence-corrected chi connectivity index (χ4v) is 2.53. The summed E-state index contributed by atoms with van der Waals surface area (Å²) in [6, 6.07) is 16.8. The molecular weight excluding hydrogens is 334 g/mol. The van der Waals surface area contributed by atoms with Crippen LogP contribution in [0.25, 0.3) is 11.1 Å². The fourth-order valence-electron chi connectivity index (χ4n) is 2.53. The molecule has 0 bridgehead atoms. The Bertz CT molecular complexity index is 997. The molecule has 1 amide bonds. The summed E-state index contributed by atoms with van der Waals surface area (Å²) in [7, 11) is 0. The minimum absolute atomic E-state index is 0.0570. The van der Waals surface area contributed by atoms with Crippen molar-refractivity contribution in [3.05, 3.63) is 77.9 Å². The van der Waals surface area contributed by atoms with Crippen LogP contribution >= 0.6 is 0 Å². The number of phenols is 2. The molecule has 3 aromatic rings. The SMILES string of the molecule is O=C(O)c1cccc(NC(=O)c2cccc(-c3ccc(O)cc3O)c2)c1. The topological polar surface area (TPSA) is 107 Å². The molecule has 3 rings (SSSR count). The minimum Gasteiger partial charge on any atom is -0.508 e. The van der Waals surface area contributed by atoms with Crippen LogP contribution < -0.4 is 5.32 Å². The lowest BCUT2D eigenvalue weighted by Gasteiger charge is -2.09. The van der Waals surface area contributed by atoms with E-state index in [0.717, 1.165) is 0 Å². The number of hydrogen-bond acceptors (Lipinski definition) is 4.